The van der Waals surface area contributed by atoms with Crippen LogP contribution in [0.2, 0.25) is 0 Å². The highest BCUT2D eigenvalue weighted by Gasteiger charge is 2.33. The van der Waals surface area contributed by atoms with Crippen LogP contribution in [-0.4, -0.2) is 36.5 Å². The minimum Gasteiger partial charge on any atom is -0.451 e. The Kier molecular flexibility index (Phi) is 4.92. The average Bonchev–Trinajstić information content (AvgIpc) is 3.15. The highest BCUT2D eigenvalue weighted by atomic mass is 35.5. The second-order valence-electron chi connectivity index (χ2n) is 6.46. The molecule has 24 heavy (non-hydrogen) atoms. The summed E-state index contributed by atoms with van der Waals surface area (Å²) in [6.45, 7) is 3.20. The van der Waals surface area contributed by atoms with E-state index in [1.165, 1.54) is 12.5 Å². The van der Waals surface area contributed by atoms with Crippen molar-refractivity contribution in [3.63, 3.8) is 0 Å². The molecule has 0 radical (unpaired) electrons. The van der Waals surface area contributed by atoms with Gasteiger partial charge in [0.25, 0.3) is 5.91 Å². The van der Waals surface area contributed by atoms with Crippen LogP contribution < -0.4 is 5.32 Å². The van der Waals surface area contributed by atoms with E-state index in [0.29, 0.717) is 17.2 Å². The summed E-state index contributed by atoms with van der Waals surface area (Å²) in [7, 11) is 0. The first-order chi connectivity index (χ1) is 11.2. The molecule has 1 unspecified atom stereocenters. The SMILES string of the molecule is Cl.O=C(N[C@@H]1C[C@@H]2CCN(C2)C1)c1ccc(-c2ccccc2F)o1. The van der Waals surface area contributed by atoms with Crippen LogP contribution in [0.25, 0.3) is 11.3 Å². The molecule has 6 heteroatoms. The number of halogens is 2. The second kappa shape index (κ2) is 6.95. The van der Waals surface area contributed by atoms with E-state index >= 15 is 0 Å². The van der Waals surface area contributed by atoms with Crippen LogP contribution in [0.4, 0.5) is 4.39 Å². The van der Waals surface area contributed by atoms with Crippen LogP contribution in [0.1, 0.15) is 23.4 Å². The number of furan rings is 1. The van der Waals surface area contributed by atoms with Gasteiger partial charge < -0.3 is 14.6 Å². The molecule has 2 bridgehead atoms. The Hall–Kier alpha value is -1.85. The molecule has 1 aromatic carbocycles. The van der Waals surface area contributed by atoms with Crippen molar-refractivity contribution in [3.05, 3.63) is 48.0 Å². The van der Waals surface area contributed by atoms with Gasteiger partial charge in [0.2, 0.25) is 0 Å². The van der Waals surface area contributed by atoms with Crippen molar-refractivity contribution in [2.45, 2.75) is 18.9 Å². The predicted molar refractivity (Wildman–Crippen MR) is 91.8 cm³/mol. The number of fused-ring (bicyclic) bond motifs is 2. The molecule has 2 saturated heterocycles. The maximum absolute atomic E-state index is 13.8. The lowest BCUT2D eigenvalue weighted by atomic mass is 9.97. The molecule has 2 fully saturated rings. The fourth-order valence-corrected chi connectivity index (χ4v) is 3.69. The molecular weight excluding hydrogens is 331 g/mol. The van der Waals surface area contributed by atoms with Crippen molar-refractivity contribution >= 4 is 18.3 Å². The number of carbonyl (C=O) groups is 1. The van der Waals surface area contributed by atoms with Crippen LogP contribution in [0, 0.1) is 11.7 Å². The highest BCUT2D eigenvalue weighted by molar-refractivity contribution is 5.92. The lowest BCUT2D eigenvalue weighted by Crippen LogP contribution is -2.46. The van der Waals surface area contributed by atoms with Crippen LogP contribution >= 0.6 is 12.4 Å². The summed E-state index contributed by atoms with van der Waals surface area (Å²) in [6, 6.07) is 9.81. The number of amides is 1. The number of piperidine rings is 1. The molecule has 3 atom stereocenters. The molecule has 1 N–H and O–H groups in total. The van der Waals surface area contributed by atoms with Crippen molar-refractivity contribution in [1.29, 1.82) is 0 Å². The molecular formula is C18H20ClFN2O2. The lowest BCUT2D eigenvalue weighted by molar-refractivity contribution is 0.0882. The summed E-state index contributed by atoms with van der Waals surface area (Å²) in [5.74, 6) is 0.724. The molecule has 0 spiro atoms. The Morgan fingerprint density at radius 1 is 1.21 bits per heavy atom. The number of benzene rings is 1. The van der Waals surface area contributed by atoms with Gasteiger partial charge in [0, 0.05) is 19.1 Å². The van der Waals surface area contributed by atoms with Gasteiger partial charge in [0.1, 0.15) is 11.6 Å². The summed E-state index contributed by atoms with van der Waals surface area (Å²) in [5, 5.41) is 3.05. The lowest BCUT2D eigenvalue weighted by Gasteiger charge is -2.30. The van der Waals surface area contributed by atoms with E-state index < -0.39 is 0 Å². The molecule has 2 aromatic rings. The zero-order valence-corrected chi connectivity index (χ0v) is 14.0. The summed E-state index contributed by atoms with van der Waals surface area (Å²) >= 11 is 0. The predicted octanol–water partition coefficient (Wildman–Crippen LogP) is 3.33. The Balaban J connectivity index is 0.00000169. The molecule has 1 amide bonds. The Bertz CT molecular complexity index is 721. The summed E-state index contributed by atoms with van der Waals surface area (Å²) in [4.78, 5) is 14.8. The van der Waals surface area contributed by atoms with Gasteiger partial charge in [0.15, 0.2) is 5.76 Å². The Labute approximate surface area is 146 Å². The third kappa shape index (κ3) is 3.32. The van der Waals surface area contributed by atoms with Gasteiger partial charge in [-0.05, 0) is 49.6 Å². The van der Waals surface area contributed by atoms with E-state index in [0.717, 1.165) is 26.1 Å². The van der Waals surface area contributed by atoms with Crippen LogP contribution in [-0.2, 0) is 0 Å². The number of carbonyl (C=O) groups excluding carboxylic acids is 1. The zero-order valence-electron chi connectivity index (χ0n) is 13.2. The molecule has 0 aliphatic carbocycles. The number of hydrogen-bond acceptors (Lipinski definition) is 3. The van der Waals surface area contributed by atoms with Gasteiger partial charge in [-0.2, -0.15) is 0 Å². The van der Waals surface area contributed by atoms with Crippen molar-refractivity contribution < 1.29 is 13.6 Å². The number of rotatable bonds is 3. The van der Waals surface area contributed by atoms with E-state index in [9.17, 15) is 9.18 Å². The van der Waals surface area contributed by atoms with Gasteiger partial charge >= 0.3 is 0 Å². The molecule has 1 aromatic heterocycles. The van der Waals surface area contributed by atoms with Gasteiger partial charge in [-0.25, -0.2) is 4.39 Å². The number of nitrogens with one attached hydrogen (secondary N) is 1. The third-order valence-corrected chi connectivity index (χ3v) is 4.77. The van der Waals surface area contributed by atoms with E-state index in [4.69, 9.17) is 4.42 Å². The topological polar surface area (TPSA) is 45.5 Å². The molecule has 4 nitrogen and oxygen atoms in total. The van der Waals surface area contributed by atoms with E-state index in [1.54, 1.807) is 30.3 Å². The van der Waals surface area contributed by atoms with Crippen LogP contribution in [0.15, 0.2) is 40.8 Å². The maximum Gasteiger partial charge on any atom is 0.287 e. The van der Waals surface area contributed by atoms with Gasteiger partial charge in [-0.3, -0.25) is 4.79 Å². The van der Waals surface area contributed by atoms with Crippen LogP contribution in [0.5, 0.6) is 0 Å². The fourth-order valence-electron chi connectivity index (χ4n) is 3.69. The number of hydrogen-bond donors (Lipinski definition) is 1. The van der Waals surface area contributed by atoms with Crippen LogP contribution in [0.3, 0.4) is 0 Å². The van der Waals surface area contributed by atoms with Crippen molar-refractivity contribution in [2.75, 3.05) is 19.6 Å². The van der Waals surface area contributed by atoms with E-state index in [-0.39, 0.29) is 35.9 Å². The minimum atomic E-state index is -0.356. The fraction of sp³-hybridized carbons (Fsp3) is 0.389. The standard InChI is InChI=1S/C18H19FN2O2.ClH/c19-15-4-2-1-3-14(15)16-5-6-17(23-16)18(22)20-13-9-12-7-8-21(10-12)11-13;/h1-6,12-13H,7-11H2,(H,20,22);1H/t12-,13+;/m0./s1. The Morgan fingerprint density at radius 2 is 2.04 bits per heavy atom. The zero-order chi connectivity index (χ0) is 15.8. The minimum absolute atomic E-state index is 0. The first-order valence-corrected chi connectivity index (χ1v) is 8.07. The van der Waals surface area contributed by atoms with Crippen molar-refractivity contribution in [2.24, 2.45) is 5.92 Å². The Morgan fingerprint density at radius 3 is 2.83 bits per heavy atom. The molecule has 3 heterocycles. The molecule has 4 rings (SSSR count). The van der Waals surface area contributed by atoms with E-state index in [2.05, 4.69) is 10.2 Å². The van der Waals surface area contributed by atoms with Gasteiger partial charge in [0.05, 0.1) is 5.56 Å². The summed E-state index contributed by atoms with van der Waals surface area (Å²) < 4.78 is 19.3. The first-order valence-electron chi connectivity index (χ1n) is 8.07. The van der Waals surface area contributed by atoms with Crippen molar-refractivity contribution in [3.8, 4) is 11.3 Å². The molecule has 128 valence electrons. The monoisotopic (exact) mass is 350 g/mol. The van der Waals surface area contributed by atoms with E-state index in [1.807, 2.05) is 0 Å². The number of nitrogens with zero attached hydrogens (tertiary/aromatic N) is 1. The molecule has 0 saturated carbocycles. The molecule has 2 aliphatic rings. The summed E-state index contributed by atoms with van der Waals surface area (Å²) in [5.41, 5.74) is 0.369. The molecule has 2 aliphatic heterocycles. The third-order valence-electron chi connectivity index (χ3n) is 4.77. The highest BCUT2D eigenvalue weighted by Crippen LogP contribution is 2.28. The van der Waals surface area contributed by atoms with Gasteiger partial charge in [-0.1, -0.05) is 12.1 Å². The smallest absolute Gasteiger partial charge is 0.287 e. The van der Waals surface area contributed by atoms with Crippen molar-refractivity contribution in [1.82, 2.24) is 10.2 Å². The second-order valence-corrected chi connectivity index (χ2v) is 6.46. The maximum atomic E-state index is 13.8. The first kappa shape index (κ1) is 17.0. The quantitative estimate of drug-likeness (QED) is 0.923. The average molecular weight is 351 g/mol. The normalized spacial score (nSPS) is 25.1. The van der Waals surface area contributed by atoms with Gasteiger partial charge in [-0.15, -0.1) is 12.4 Å². The largest absolute Gasteiger partial charge is 0.451 e. The summed E-state index contributed by atoms with van der Waals surface area (Å²) in [6.07, 6.45) is 2.26.